The summed E-state index contributed by atoms with van der Waals surface area (Å²) in [5.41, 5.74) is 5.31. The lowest BCUT2D eigenvalue weighted by Gasteiger charge is -2.08. The van der Waals surface area contributed by atoms with Gasteiger partial charge in [0.15, 0.2) is 0 Å². The van der Waals surface area contributed by atoms with E-state index < -0.39 is 0 Å². The number of aromatic nitrogens is 2. The fourth-order valence-corrected chi connectivity index (χ4v) is 2.57. The molecule has 0 amide bonds. The quantitative estimate of drug-likeness (QED) is 0.747. The second kappa shape index (κ2) is 4.71. The van der Waals surface area contributed by atoms with Crippen molar-refractivity contribution < 1.29 is 0 Å². The van der Waals surface area contributed by atoms with Crippen molar-refractivity contribution in [3.63, 3.8) is 0 Å². The summed E-state index contributed by atoms with van der Waals surface area (Å²) in [5, 5.41) is 5.27. The summed E-state index contributed by atoms with van der Waals surface area (Å²) in [6.45, 7) is 6.04. The highest BCUT2D eigenvalue weighted by molar-refractivity contribution is 6.30. The van der Waals surface area contributed by atoms with Gasteiger partial charge in [0.05, 0.1) is 17.3 Å². The van der Waals surface area contributed by atoms with Gasteiger partial charge in [0.1, 0.15) is 0 Å². The third-order valence-electron chi connectivity index (χ3n) is 2.96. The minimum atomic E-state index is 0.490. The second-order valence-corrected chi connectivity index (χ2v) is 4.83. The number of aryl methyl sites for hydroxylation is 2. The van der Waals surface area contributed by atoms with Crippen LogP contribution in [0.25, 0.3) is 5.69 Å². The van der Waals surface area contributed by atoms with Crippen LogP contribution in [0.3, 0.4) is 0 Å². The van der Waals surface area contributed by atoms with Gasteiger partial charge in [-0.2, -0.15) is 5.10 Å². The zero-order chi connectivity index (χ0) is 12.6. The normalized spacial score (nSPS) is 10.9. The summed E-state index contributed by atoms with van der Waals surface area (Å²) < 4.78 is 1.93. The molecule has 1 aromatic heterocycles. The molecular formula is C13H14Cl2N2. The molecule has 0 aliphatic heterocycles. The van der Waals surface area contributed by atoms with Gasteiger partial charge in [-0.15, -0.1) is 11.6 Å². The number of halogens is 2. The highest BCUT2D eigenvalue weighted by Crippen LogP contribution is 2.23. The largest absolute Gasteiger partial charge is 0.237 e. The maximum Gasteiger partial charge on any atom is 0.0679 e. The smallest absolute Gasteiger partial charge is 0.0679 e. The summed E-state index contributed by atoms with van der Waals surface area (Å²) in [5.74, 6) is 0.490. The Kier molecular flexibility index (Phi) is 3.45. The van der Waals surface area contributed by atoms with Crippen molar-refractivity contribution >= 4 is 23.2 Å². The molecule has 1 aromatic carbocycles. The summed E-state index contributed by atoms with van der Waals surface area (Å²) in [6, 6.07) is 5.80. The first-order valence-corrected chi connectivity index (χ1v) is 6.33. The van der Waals surface area contributed by atoms with Gasteiger partial charge >= 0.3 is 0 Å². The van der Waals surface area contributed by atoms with Gasteiger partial charge in [-0.05, 0) is 44.5 Å². The van der Waals surface area contributed by atoms with Gasteiger partial charge in [-0.1, -0.05) is 11.6 Å². The van der Waals surface area contributed by atoms with Crippen LogP contribution >= 0.6 is 23.2 Å². The molecule has 2 nitrogen and oxygen atoms in total. The van der Waals surface area contributed by atoms with Crippen LogP contribution in [-0.2, 0) is 5.88 Å². The molecule has 0 N–H and O–H groups in total. The Morgan fingerprint density at radius 2 is 1.94 bits per heavy atom. The molecular weight excluding hydrogens is 255 g/mol. The monoisotopic (exact) mass is 268 g/mol. The van der Waals surface area contributed by atoms with Crippen LogP contribution in [0.15, 0.2) is 18.2 Å². The SMILES string of the molecule is Cc1cc(Cl)ccc1-n1nc(C)c(CCl)c1C. The van der Waals surface area contributed by atoms with Gasteiger partial charge in [-0.3, -0.25) is 0 Å². The van der Waals surface area contributed by atoms with E-state index in [0.29, 0.717) is 5.88 Å². The zero-order valence-corrected chi connectivity index (χ0v) is 11.6. The van der Waals surface area contributed by atoms with Crippen molar-refractivity contribution in [2.24, 2.45) is 0 Å². The lowest BCUT2D eigenvalue weighted by atomic mass is 10.2. The van der Waals surface area contributed by atoms with Crippen molar-refractivity contribution in [2.45, 2.75) is 26.7 Å². The molecule has 2 rings (SSSR count). The van der Waals surface area contributed by atoms with Crippen LogP contribution in [0.1, 0.15) is 22.5 Å². The Bertz CT molecular complexity index is 559. The lowest BCUT2D eigenvalue weighted by molar-refractivity contribution is 0.827. The van der Waals surface area contributed by atoms with E-state index in [-0.39, 0.29) is 0 Å². The Morgan fingerprint density at radius 1 is 1.24 bits per heavy atom. The number of rotatable bonds is 2. The number of benzene rings is 1. The second-order valence-electron chi connectivity index (χ2n) is 4.13. The average molecular weight is 269 g/mol. The predicted octanol–water partition coefficient (Wildman–Crippen LogP) is 4.19. The van der Waals surface area contributed by atoms with Crippen molar-refractivity contribution in [3.8, 4) is 5.69 Å². The minimum Gasteiger partial charge on any atom is -0.237 e. The summed E-state index contributed by atoms with van der Waals surface area (Å²) in [6.07, 6.45) is 0. The molecule has 0 fully saturated rings. The van der Waals surface area contributed by atoms with Crippen LogP contribution in [0.2, 0.25) is 5.02 Å². The maximum absolute atomic E-state index is 5.96. The van der Waals surface area contributed by atoms with Crippen molar-refractivity contribution in [1.82, 2.24) is 9.78 Å². The van der Waals surface area contributed by atoms with E-state index in [1.54, 1.807) is 0 Å². The minimum absolute atomic E-state index is 0.490. The molecule has 0 atom stereocenters. The van der Waals surface area contributed by atoms with E-state index in [4.69, 9.17) is 23.2 Å². The van der Waals surface area contributed by atoms with Crippen LogP contribution in [0, 0.1) is 20.8 Å². The van der Waals surface area contributed by atoms with Gasteiger partial charge in [0, 0.05) is 16.3 Å². The number of nitrogens with zero attached hydrogens (tertiary/aromatic N) is 2. The third kappa shape index (κ3) is 2.20. The van der Waals surface area contributed by atoms with Crippen LogP contribution < -0.4 is 0 Å². The molecule has 0 radical (unpaired) electrons. The fourth-order valence-electron chi connectivity index (χ4n) is 1.96. The maximum atomic E-state index is 5.96. The van der Waals surface area contributed by atoms with Gasteiger partial charge < -0.3 is 0 Å². The molecule has 0 unspecified atom stereocenters. The van der Waals surface area contributed by atoms with Crippen LogP contribution in [0.5, 0.6) is 0 Å². The van der Waals surface area contributed by atoms with E-state index in [9.17, 15) is 0 Å². The molecule has 0 spiro atoms. The molecule has 2 aromatic rings. The molecule has 0 aliphatic carbocycles. The highest BCUT2D eigenvalue weighted by atomic mass is 35.5. The van der Waals surface area contributed by atoms with Gasteiger partial charge in [-0.25, -0.2) is 4.68 Å². The van der Waals surface area contributed by atoms with E-state index in [0.717, 1.165) is 33.2 Å². The average Bonchev–Trinajstić information content (AvgIpc) is 2.54. The van der Waals surface area contributed by atoms with Gasteiger partial charge in [0.25, 0.3) is 0 Å². The topological polar surface area (TPSA) is 17.8 Å². The molecule has 4 heteroatoms. The Hall–Kier alpha value is -0.990. The molecule has 17 heavy (non-hydrogen) atoms. The molecule has 90 valence electrons. The third-order valence-corrected chi connectivity index (χ3v) is 3.46. The van der Waals surface area contributed by atoms with E-state index >= 15 is 0 Å². The molecule has 1 heterocycles. The predicted molar refractivity (Wildman–Crippen MR) is 72.3 cm³/mol. The van der Waals surface area contributed by atoms with Crippen LogP contribution in [0.4, 0.5) is 0 Å². The van der Waals surface area contributed by atoms with E-state index in [1.807, 2.05) is 43.7 Å². The molecule has 0 saturated carbocycles. The fraction of sp³-hybridized carbons (Fsp3) is 0.308. The number of alkyl halides is 1. The highest BCUT2D eigenvalue weighted by Gasteiger charge is 2.13. The molecule has 0 bridgehead atoms. The van der Waals surface area contributed by atoms with Crippen molar-refractivity contribution in [3.05, 3.63) is 45.7 Å². The van der Waals surface area contributed by atoms with Crippen LogP contribution in [-0.4, -0.2) is 9.78 Å². The Labute approximate surface area is 111 Å². The first-order chi connectivity index (χ1) is 8.04. The zero-order valence-electron chi connectivity index (χ0n) is 10.1. The molecule has 0 saturated heterocycles. The number of hydrogen-bond donors (Lipinski definition) is 0. The Morgan fingerprint density at radius 3 is 2.47 bits per heavy atom. The summed E-state index contributed by atoms with van der Waals surface area (Å²) >= 11 is 11.9. The van der Waals surface area contributed by atoms with E-state index in [2.05, 4.69) is 5.10 Å². The van der Waals surface area contributed by atoms with Gasteiger partial charge in [0.2, 0.25) is 0 Å². The number of hydrogen-bond acceptors (Lipinski definition) is 1. The Balaban J connectivity index is 2.61. The summed E-state index contributed by atoms with van der Waals surface area (Å²) in [7, 11) is 0. The standard InChI is InChI=1S/C13H14Cl2N2/c1-8-6-11(15)4-5-13(8)17-10(3)12(7-14)9(2)16-17/h4-6H,7H2,1-3H3. The lowest BCUT2D eigenvalue weighted by Crippen LogP contribution is -2.01. The summed E-state index contributed by atoms with van der Waals surface area (Å²) in [4.78, 5) is 0. The van der Waals surface area contributed by atoms with E-state index in [1.165, 1.54) is 0 Å². The molecule has 0 aliphatic rings. The first-order valence-electron chi connectivity index (χ1n) is 5.42. The first kappa shape index (κ1) is 12.5. The van der Waals surface area contributed by atoms with Crippen molar-refractivity contribution in [2.75, 3.05) is 0 Å². The van der Waals surface area contributed by atoms with Crippen molar-refractivity contribution in [1.29, 1.82) is 0 Å².